The van der Waals surface area contributed by atoms with Gasteiger partial charge in [-0.15, -0.1) is 0 Å². The highest BCUT2D eigenvalue weighted by Gasteiger charge is 2.19. The van der Waals surface area contributed by atoms with Gasteiger partial charge in [0, 0.05) is 18.9 Å². The average molecular weight is 204 g/mol. The van der Waals surface area contributed by atoms with Crippen molar-refractivity contribution >= 4 is 0 Å². The summed E-state index contributed by atoms with van der Waals surface area (Å²) in [5, 5.41) is 3.49. The summed E-state index contributed by atoms with van der Waals surface area (Å²) in [7, 11) is 0. The highest BCUT2D eigenvalue weighted by atomic mass is 14.8. The number of nitrogens with zero attached hydrogens (tertiary/aromatic N) is 1. The molecule has 0 aromatic carbocycles. The fraction of sp³-hybridized carbons (Fsp3) is 0.615. The van der Waals surface area contributed by atoms with Crippen molar-refractivity contribution < 1.29 is 0 Å². The normalized spacial score (nSPS) is 15.5. The Hall–Kier alpha value is -0.890. The van der Waals surface area contributed by atoms with E-state index < -0.39 is 0 Å². The van der Waals surface area contributed by atoms with E-state index in [0.29, 0.717) is 0 Å². The number of rotatable bonds is 6. The van der Waals surface area contributed by atoms with Gasteiger partial charge in [-0.25, -0.2) is 0 Å². The van der Waals surface area contributed by atoms with E-state index in [2.05, 4.69) is 23.3 Å². The molecule has 1 saturated carbocycles. The summed E-state index contributed by atoms with van der Waals surface area (Å²) >= 11 is 0. The summed E-state index contributed by atoms with van der Waals surface area (Å²) in [4.78, 5) is 4.14. The van der Waals surface area contributed by atoms with Crippen molar-refractivity contribution in [2.45, 2.75) is 39.2 Å². The molecule has 1 fully saturated rings. The Balaban J connectivity index is 1.62. The molecular formula is C13H20N2. The van der Waals surface area contributed by atoms with Gasteiger partial charge in [0.05, 0.1) is 0 Å². The fourth-order valence-corrected chi connectivity index (χ4v) is 1.83. The minimum atomic E-state index is 0.963. The SMILES string of the molecule is Cc1ccncc1CNCCCC1CC1. The summed E-state index contributed by atoms with van der Waals surface area (Å²) < 4.78 is 0. The zero-order valence-electron chi connectivity index (χ0n) is 9.50. The van der Waals surface area contributed by atoms with Crippen LogP contribution < -0.4 is 5.32 Å². The monoisotopic (exact) mass is 204 g/mol. The van der Waals surface area contributed by atoms with E-state index in [9.17, 15) is 0 Å². The lowest BCUT2D eigenvalue weighted by Crippen LogP contribution is -2.15. The number of hydrogen-bond donors (Lipinski definition) is 1. The van der Waals surface area contributed by atoms with E-state index >= 15 is 0 Å². The first kappa shape index (κ1) is 10.6. The molecule has 0 saturated heterocycles. The van der Waals surface area contributed by atoms with Crippen LogP contribution in [0.25, 0.3) is 0 Å². The molecule has 82 valence electrons. The maximum absolute atomic E-state index is 4.14. The molecule has 1 aromatic heterocycles. The highest BCUT2D eigenvalue weighted by Crippen LogP contribution is 2.33. The molecule has 0 amide bonds. The van der Waals surface area contributed by atoms with Gasteiger partial charge in [0.25, 0.3) is 0 Å². The second-order valence-corrected chi connectivity index (χ2v) is 4.56. The predicted octanol–water partition coefficient (Wildman–Crippen LogP) is 2.67. The van der Waals surface area contributed by atoms with E-state index in [4.69, 9.17) is 0 Å². The van der Waals surface area contributed by atoms with E-state index in [1.165, 1.54) is 36.8 Å². The Morgan fingerprint density at radius 1 is 1.47 bits per heavy atom. The summed E-state index contributed by atoms with van der Waals surface area (Å²) in [6, 6.07) is 2.07. The van der Waals surface area contributed by atoms with Crippen molar-refractivity contribution in [1.29, 1.82) is 0 Å². The van der Waals surface area contributed by atoms with Crippen LogP contribution in [0.1, 0.15) is 36.8 Å². The van der Waals surface area contributed by atoms with Crippen LogP contribution in [0.4, 0.5) is 0 Å². The molecule has 0 aliphatic heterocycles. The van der Waals surface area contributed by atoms with Crippen LogP contribution in [0.3, 0.4) is 0 Å². The third kappa shape index (κ3) is 3.63. The van der Waals surface area contributed by atoms with Crippen LogP contribution in [0.5, 0.6) is 0 Å². The molecule has 1 aromatic rings. The van der Waals surface area contributed by atoms with Gasteiger partial charge < -0.3 is 5.32 Å². The molecule has 2 heteroatoms. The van der Waals surface area contributed by atoms with E-state index in [-0.39, 0.29) is 0 Å². The maximum Gasteiger partial charge on any atom is 0.0315 e. The highest BCUT2D eigenvalue weighted by molar-refractivity contribution is 5.20. The molecule has 2 nitrogen and oxygen atoms in total. The molecule has 15 heavy (non-hydrogen) atoms. The number of aryl methyl sites for hydroxylation is 1. The van der Waals surface area contributed by atoms with Gasteiger partial charge in [-0.2, -0.15) is 0 Å². The molecule has 0 unspecified atom stereocenters. The Morgan fingerprint density at radius 3 is 3.07 bits per heavy atom. The molecule has 1 N–H and O–H groups in total. The van der Waals surface area contributed by atoms with Gasteiger partial charge in [0.2, 0.25) is 0 Å². The van der Waals surface area contributed by atoms with Gasteiger partial charge >= 0.3 is 0 Å². The number of nitrogens with one attached hydrogen (secondary N) is 1. The lowest BCUT2D eigenvalue weighted by molar-refractivity contribution is 0.592. The van der Waals surface area contributed by atoms with Gasteiger partial charge in [-0.1, -0.05) is 12.8 Å². The first-order valence-electron chi connectivity index (χ1n) is 5.96. The lowest BCUT2D eigenvalue weighted by Gasteiger charge is -2.06. The molecule has 1 heterocycles. The maximum atomic E-state index is 4.14. The van der Waals surface area contributed by atoms with Crippen molar-refractivity contribution in [2.75, 3.05) is 6.54 Å². The Bertz CT molecular complexity index is 305. The molecular weight excluding hydrogens is 184 g/mol. The second-order valence-electron chi connectivity index (χ2n) is 4.56. The van der Waals surface area contributed by atoms with Crippen LogP contribution in [-0.2, 0) is 6.54 Å². The van der Waals surface area contributed by atoms with Crippen molar-refractivity contribution in [3.8, 4) is 0 Å². The predicted molar refractivity (Wildman–Crippen MR) is 62.6 cm³/mol. The minimum absolute atomic E-state index is 0.963. The topological polar surface area (TPSA) is 24.9 Å². The third-order valence-electron chi connectivity index (χ3n) is 3.13. The molecule has 0 atom stereocenters. The van der Waals surface area contributed by atoms with Crippen molar-refractivity contribution in [3.63, 3.8) is 0 Å². The molecule has 2 rings (SSSR count). The number of aromatic nitrogens is 1. The lowest BCUT2D eigenvalue weighted by atomic mass is 10.1. The van der Waals surface area contributed by atoms with Crippen molar-refractivity contribution in [2.24, 2.45) is 5.92 Å². The van der Waals surface area contributed by atoms with E-state index in [0.717, 1.165) is 19.0 Å². The summed E-state index contributed by atoms with van der Waals surface area (Å²) in [6.45, 7) is 4.25. The van der Waals surface area contributed by atoms with Crippen LogP contribution in [0.15, 0.2) is 18.5 Å². The van der Waals surface area contributed by atoms with E-state index in [1.54, 1.807) is 0 Å². The smallest absolute Gasteiger partial charge is 0.0315 e. The van der Waals surface area contributed by atoms with E-state index in [1.807, 2.05) is 12.4 Å². The fourth-order valence-electron chi connectivity index (χ4n) is 1.83. The Morgan fingerprint density at radius 2 is 2.33 bits per heavy atom. The first-order chi connectivity index (χ1) is 7.36. The molecule has 0 radical (unpaired) electrons. The Labute approximate surface area is 92.1 Å². The summed E-state index contributed by atoms with van der Waals surface area (Å²) in [5.41, 5.74) is 2.66. The zero-order valence-corrected chi connectivity index (χ0v) is 9.50. The van der Waals surface area contributed by atoms with Crippen LogP contribution in [0.2, 0.25) is 0 Å². The first-order valence-corrected chi connectivity index (χ1v) is 5.96. The standard InChI is InChI=1S/C13H20N2/c1-11-6-8-15-10-13(11)9-14-7-2-3-12-4-5-12/h6,8,10,12,14H,2-5,7,9H2,1H3. The third-order valence-corrected chi connectivity index (χ3v) is 3.13. The van der Waals surface area contributed by atoms with Gasteiger partial charge in [0.15, 0.2) is 0 Å². The molecule has 0 bridgehead atoms. The average Bonchev–Trinajstić information content (AvgIpc) is 3.04. The largest absolute Gasteiger partial charge is 0.313 e. The van der Waals surface area contributed by atoms with Crippen molar-refractivity contribution in [1.82, 2.24) is 10.3 Å². The molecule has 0 spiro atoms. The van der Waals surface area contributed by atoms with Gasteiger partial charge in [-0.05, 0) is 49.4 Å². The van der Waals surface area contributed by atoms with Crippen LogP contribution in [0, 0.1) is 12.8 Å². The van der Waals surface area contributed by atoms with Gasteiger partial charge in [0.1, 0.15) is 0 Å². The molecule has 1 aliphatic rings. The minimum Gasteiger partial charge on any atom is -0.313 e. The zero-order chi connectivity index (χ0) is 10.5. The van der Waals surface area contributed by atoms with Crippen molar-refractivity contribution in [3.05, 3.63) is 29.6 Å². The number of pyridine rings is 1. The number of hydrogen-bond acceptors (Lipinski definition) is 2. The quantitative estimate of drug-likeness (QED) is 0.721. The summed E-state index contributed by atoms with van der Waals surface area (Å²) in [6.07, 6.45) is 9.50. The second kappa shape index (κ2) is 5.26. The summed E-state index contributed by atoms with van der Waals surface area (Å²) in [5.74, 6) is 1.06. The Kier molecular flexibility index (Phi) is 3.73. The van der Waals surface area contributed by atoms with Crippen LogP contribution >= 0.6 is 0 Å². The van der Waals surface area contributed by atoms with Crippen LogP contribution in [-0.4, -0.2) is 11.5 Å². The molecule has 1 aliphatic carbocycles. The van der Waals surface area contributed by atoms with Gasteiger partial charge in [-0.3, -0.25) is 4.98 Å².